The Labute approximate surface area is 93.4 Å². The Morgan fingerprint density at radius 2 is 2.12 bits per heavy atom. The normalized spacial score (nSPS) is 11.8. The first kappa shape index (κ1) is 11.4. The van der Waals surface area contributed by atoms with Gasteiger partial charge in [0.05, 0.1) is 12.7 Å². The fourth-order valence-corrected chi connectivity index (χ4v) is 1.52. The van der Waals surface area contributed by atoms with E-state index in [0.29, 0.717) is 0 Å². The molecule has 0 amide bonds. The molecule has 7 heteroatoms. The molecule has 1 heterocycles. The number of benzene rings is 1. The van der Waals surface area contributed by atoms with Crippen molar-refractivity contribution in [1.29, 1.82) is 0 Å². The summed E-state index contributed by atoms with van der Waals surface area (Å²) in [6.07, 6.45) is -4.51. The van der Waals surface area contributed by atoms with Crippen molar-refractivity contribution < 1.29 is 22.7 Å². The first-order chi connectivity index (χ1) is 7.95. The zero-order chi connectivity index (χ0) is 12.6. The van der Waals surface area contributed by atoms with Crippen molar-refractivity contribution >= 4 is 16.9 Å². The van der Waals surface area contributed by atoms with Gasteiger partial charge in [0.1, 0.15) is 5.52 Å². The second-order valence-corrected chi connectivity index (χ2v) is 3.29. The van der Waals surface area contributed by atoms with Crippen molar-refractivity contribution in [1.82, 2.24) is 10.2 Å². The number of carbonyl (C=O) groups excluding carboxylic acids is 1. The summed E-state index contributed by atoms with van der Waals surface area (Å²) in [5.74, 6) is -0.758. The number of rotatable bonds is 1. The number of hydrogen-bond acceptors (Lipinski definition) is 3. The molecule has 2 rings (SSSR count). The van der Waals surface area contributed by atoms with Gasteiger partial charge in [-0.2, -0.15) is 18.3 Å². The Kier molecular flexibility index (Phi) is 2.53. The lowest BCUT2D eigenvalue weighted by Crippen LogP contribution is -2.05. The Bertz CT molecular complexity index is 574. The lowest BCUT2D eigenvalue weighted by molar-refractivity contribution is -0.136. The van der Waals surface area contributed by atoms with E-state index in [0.717, 1.165) is 13.2 Å². The number of methoxy groups -OCH3 is 1. The van der Waals surface area contributed by atoms with Gasteiger partial charge in [0.2, 0.25) is 0 Å². The zero-order valence-corrected chi connectivity index (χ0v) is 8.63. The van der Waals surface area contributed by atoms with Crippen LogP contribution in [0.25, 0.3) is 10.9 Å². The van der Waals surface area contributed by atoms with Crippen molar-refractivity contribution in [3.63, 3.8) is 0 Å². The van der Waals surface area contributed by atoms with Gasteiger partial charge < -0.3 is 4.74 Å². The molecular formula is C10H7F3N2O2. The molecule has 0 fully saturated rings. The maximum absolute atomic E-state index is 12.6. The van der Waals surface area contributed by atoms with Crippen molar-refractivity contribution in [2.24, 2.45) is 0 Å². The SMILES string of the molecule is COC(=O)c1[nH]nc2c(C(F)(F)F)cccc12. The van der Waals surface area contributed by atoms with Crippen LogP contribution in [0.4, 0.5) is 13.2 Å². The molecule has 1 N–H and O–H groups in total. The first-order valence-corrected chi connectivity index (χ1v) is 4.57. The molecule has 0 bridgehead atoms. The Morgan fingerprint density at radius 3 is 2.71 bits per heavy atom. The van der Waals surface area contributed by atoms with Crippen molar-refractivity contribution in [3.8, 4) is 0 Å². The molecule has 0 atom stereocenters. The van der Waals surface area contributed by atoms with E-state index >= 15 is 0 Å². The molecule has 1 aromatic carbocycles. The molecular weight excluding hydrogens is 237 g/mol. The molecule has 0 radical (unpaired) electrons. The van der Waals surface area contributed by atoms with Crippen LogP contribution < -0.4 is 0 Å². The third kappa shape index (κ3) is 1.83. The zero-order valence-electron chi connectivity index (χ0n) is 8.63. The van der Waals surface area contributed by atoms with E-state index in [1.54, 1.807) is 0 Å². The van der Waals surface area contributed by atoms with Crippen LogP contribution in [0.2, 0.25) is 0 Å². The topological polar surface area (TPSA) is 55.0 Å². The van der Waals surface area contributed by atoms with E-state index < -0.39 is 17.7 Å². The third-order valence-electron chi connectivity index (χ3n) is 2.28. The number of esters is 1. The van der Waals surface area contributed by atoms with Gasteiger partial charge in [-0.05, 0) is 6.07 Å². The lowest BCUT2D eigenvalue weighted by Gasteiger charge is -2.06. The number of nitrogens with one attached hydrogen (secondary N) is 1. The third-order valence-corrected chi connectivity index (χ3v) is 2.28. The van der Waals surface area contributed by atoms with Crippen LogP contribution in [0, 0.1) is 0 Å². The number of carbonyl (C=O) groups is 1. The number of halogens is 3. The average molecular weight is 244 g/mol. The number of nitrogens with zero attached hydrogens (tertiary/aromatic N) is 1. The van der Waals surface area contributed by atoms with Crippen LogP contribution in [-0.2, 0) is 10.9 Å². The number of aromatic amines is 1. The predicted octanol–water partition coefficient (Wildman–Crippen LogP) is 2.37. The summed E-state index contributed by atoms with van der Waals surface area (Å²) < 4.78 is 42.4. The molecule has 0 saturated carbocycles. The molecule has 17 heavy (non-hydrogen) atoms. The number of H-pyrrole nitrogens is 1. The summed E-state index contributed by atoms with van der Waals surface area (Å²) in [6.45, 7) is 0. The fraction of sp³-hybridized carbons (Fsp3) is 0.200. The van der Waals surface area contributed by atoms with Gasteiger partial charge in [-0.25, -0.2) is 4.79 Å². The monoisotopic (exact) mass is 244 g/mol. The number of alkyl halides is 3. The minimum atomic E-state index is -4.51. The molecule has 0 saturated heterocycles. The van der Waals surface area contributed by atoms with E-state index in [2.05, 4.69) is 14.9 Å². The standard InChI is InChI=1S/C10H7F3N2O2/c1-17-9(16)8-5-3-2-4-6(10(11,12)13)7(5)14-15-8/h2-4H,1H3,(H,14,15). The van der Waals surface area contributed by atoms with E-state index in [9.17, 15) is 18.0 Å². The average Bonchev–Trinajstić information content (AvgIpc) is 2.69. The summed E-state index contributed by atoms with van der Waals surface area (Å²) in [5.41, 5.74) is -1.27. The molecule has 1 aromatic heterocycles. The first-order valence-electron chi connectivity index (χ1n) is 4.57. The second kappa shape index (κ2) is 3.76. The molecule has 0 aliphatic rings. The van der Waals surface area contributed by atoms with Gasteiger partial charge in [0, 0.05) is 5.39 Å². The molecule has 0 aliphatic carbocycles. The number of fused-ring (bicyclic) bond motifs is 1. The van der Waals surface area contributed by atoms with Crippen molar-refractivity contribution in [2.75, 3.05) is 7.11 Å². The minimum absolute atomic E-state index is 0.0893. The Hall–Kier alpha value is -2.05. The Balaban J connectivity index is 2.69. The fourth-order valence-electron chi connectivity index (χ4n) is 1.52. The second-order valence-electron chi connectivity index (χ2n) is 3.29. The van der Waals surface area contributed by atoms with Crippen molar-refractivity contribution in [3.05, 3.63) is 29.5 Å². The summed E-state index contributed by atoms with van der Waals surface area (Å²) in [4.78, 5) is 11.3. The van der Waals surface area contributed by atoms with E-state index in [4.69, 9.17) is 0 Å². The minimum Gasteiger partial charge on any atom is -0.464 e. The van der Waals surface area contributed by atoms with Gasteiger partial charge in [0.15, 0.2) is 5.69 Å². The highest BCUT2D eigenvalue weighted by atomic mass is 19.4. The Morgan fingerprint density at radius 1 is 1.41 bits per heavy atom. The molecule has 0 aliphatic heterocycles. The summed E-state index contributed by atoms with van der Waals surface area (Å²) >= 11 is 0. The highest BCUT2D eigenvalue weighted by molar-refractivity contribution is 6.02. The predicted molar refractivity (Wildman–Crippen MR) is 52.4 cm³/mol. The highest BCUT2D eigenvalue weighted by Gasteiger charge is 2.34. The largest absolute Gasteiger partial charge is 0.464 e. The van der Waals surface area contributed by atoms with Crippen LogP contribution in [0.15, 0.2) is 18.2 Å². The van der Waals surface area contributed by atoms with E-state index in [1.807, 2.05) is 0 Å². The van der Waals surface area contributed by atoms with Crippen LogP contribution in [0.1, 0.15) is 16.1 Å². The number of hydrogen-bond donors (Lipinski definition) is 1. The molecule has 90 valence electrons. The van der Waals surface area contributed by atoms with Crippen LogP contribution in [-0.4, -0.2) is 23.3 Å². The maximum atomic E-state index is 12.6. The summed E-state index contributed by atoms with van der Waals surface area (Å²) in [6, 6.07) is 3.50. The van der Waals surface area contributed by atoms with Crippen LogP contribution in [0.5, 0.6) is 0 Å². The van der Waals surface area contributed by atoms with Gasteiger partial charge in [-0.1, -0.05) is 12.1 Å². The quantitative estimate of drug-likeness (QED) is 0.783. The van der Waals surface area contributed by atoms with E-state index in [-0.39, 0.29) is 16.6 Å². The van der Waals surface area contributed by atoms with E-state index in [1.165, 1.54) is 12.1 Å². The van der Waals surface area contributed by atoms with Gasteiger partial charge in [0.25, 0.3) is 0 Å². The number of aromatic nitrogens is 2. The van der Waals surface area contributed by atoms with Crippen LogP contribution in [0.3, 0.4) is 0 Å². The maximum Gasteiger partial charge on any atom is 0.418 e. The van der Waals surface area contributed by atoms with Crippen molar-refractivity contribution in [2.45, 2.75) is 6.18 Å². The molecule has 0 unspecified atom stereocenters. The number of para-hydroxylation sites is 1. The van der Waals surface area contributed by atoms with Crippen LogP contribution >= 0.6 is 0 Å². The smallest absolute Gasteiger partial charge is 0.418 e. The highest BCUT2D eigenvalue weighted by Crippen LogP contribution is 2.34. The van der Waals surface area contributed by atoms with Gasteiger partial charge >= 0.3 is 12.1 Å². The lowest BCUT2D eigenvalue weighted by atomic mass is 10.1. The summed E-state index contributed by atoms with van der Waals surface area (Å²) in [5, 5.41) is 5.85. The van der Waals surface area contributed by atoms with Gasteiger partial charge in [-0.15, -0.1) is 0 Å². The summed E-state index contributed by atoms with van der Waals surface area (Å²) in [7, 11) is 1.14. The molecule has 0 spiro atoms. The van der Waals surface area contributed by atoms with Gasteiger partial charge in [-0.3, -0.25) is 5.10 Å². The number of ether oxygens (including phenoxy) is 1. The molecule has 2 aromatic rings. The molecule has 4 nitrogen and oxygen atoms in total.